The summed E-state index contributed by atoms with van der Waals surface area (Å²) < 4.78 is 5.43. The number of hydrogen-bond donors (Lipinski definition) is 0. The van der Waals surface area contributed by atoms with Gasteiger partial charge in [0.25, 0.3) is 5.69 Å². The molecule has 0 aromatic heterocycles. The zero-order valence-corrected chi connectivity index (χ0v) is 12.7. The molecule has 5 heteroatoms. The summed E-state index contributed by atoms with van der Waals surface area (Å²) in [7, 11) is 0. The van der Waals surface area contributed by atoms with Crippen LogP contribution in [0.2, 0.25) is 0 Å². The van der Waals surface area contributed by atoms with Gasteiger partial charge in [0.1, 0.15) is 6.10 Å². The molecule has 22 heavy (non-hydrogen) atoms. The number of ether oxygens (including phenoxy) is 1. The number of aryl methyl sites for hydroxylation is 1. The lowest BCUT2D eigenvalue weighted by Crippen LogP contribution is -2.11. The molecule has 2 aromatic rings. The van der Waals surface area contributed by atoms with E-state index < -0.39 is 17.0 Å². The summed E-state index contributed by atoms with van der Waals surface area (Å²) in [6.45, 7) is 5.49. The number of rotatable bonds is 4. The predicted molar refractivity (Wildman–Crippen MR) is 82.8 cm³/mol. The number of nitrogens with zero attached hydrogens (tertiary/aromatic N) is 1. The third-order valence-corrected chi connectivity index (χ3v) is 3.66. The van der Waals surface area contributed by atoms with Crippen LogP contribution in [-0.4, -0.2) is 10.9 Å². The maximum atomic E-state index is 12.3. The molecule has 1 unspecified atom stereocenters. The molecular formula is C17H17NO4. The van der Waals surface area contributed by atoms with Crippen molar-refractivity contribution in [1.29, 1.82) is 0 Å². The van der Waals surface area contributed by atoms with Crippen LogP contribution in [0, 0.1) is 24.0 Å². The highest BCUT2D eigenvalue weighted by molar-refractivity contribution is 5.91. The summed E-state index contributed by atoms with van der Waals surface area (Å²) in [5.74, 6) is -0.430. The maximum absolute atomic E-state index is 12.3. The van der Waals surface area contributed by atoms with Crippen LogP contribution in [0.3, 0.4) is 0 Å². The Morgan fingerprint density at radius 1 is 1.18 bits per heavy atom. The van der Waals surface area contributed by atoms with E-state index in [1.54, 1.807) is 31.2 Å². The zero-order valence-electron chi connectivity index (χ0n) is 12.7. The Labute approximate surface area is 128 Å². The molecule has 5 nitrogen and oxygen atoms in total. The van der Waals surface area contributed by atoms with E-state index in [9.17, 15) is 14.9 Å². The normalized spacial score (nSPS) is 11.8. The molecular weight excluding hydrogens is 282 g/mol. The molecule has 1 atom stereocenters. The third-order valence-electron chi connectivity index (χ3n) is 3.66. The number of non-ortho nitro benzene ring substituents is 1. The quantitative estimate of drug-likeness (QED) is 0.483. The Morgan fingerprint density at radius 2 is 1.86 bits per heavy atom. The summed E-state index contributed by atoms with van der Waals surface area (Å²) in [6, 6.07) is 11.5. The van der Waals surface area contributed by atoms with Gasteiger partial charge in [-0.2, -0.15) is 0 Å². The number of benzene rings is 2. The first-order valence-electron chi connectivity index (χ1n) is 6.91. The fraction of sp³-hybridized carbons (Fsp3) is 0.235. The van der Waals surface area contributed by atoms with E-state index in [0.29, 0.717) is 11.1 Å². The van der Waals surface area contributed by atoms with E-state index in [1.165, 1.54) is 12.1 Å². The molecule has 0 amide bonds. The monoisotopic (exact) mass is 299 g/mol. The van der Waals surface area contributed by atoms with Crippen LogP contribution in [-0.2, 0) is 4.74 Å². The molecule has 0 bridgehead atoms. The van der Waals surface area contributed by atoms with E-state index in [2.05, 4.69) is 0 Å². The number of esters is 1. The van der Waals surface area contributed by atoms with Crippen molar-refractivity contribution in [3.8, 4) is 0 Å². The highest BCUT2D eigenvalue weighted by Gasteiger charge is 2.17. The van der Waals surface area contributed by atoms with Crippen LogP contribution in [0.1, 0.15) is 40.1 Å². The second kappa shape index (κ2) is 6.39. The second-order valence-corrected chi connectivity index (χ2v) is 5.15. The van der Waals surface area contributed by atoms with Gasteiger partial charge < -0.3 is 4.74 Å². The Morgan fingerprint density at radius 3 is 2.55 bits per heavy atom. The van der Waals surface area contributed by atoms with Crippen LogP contribution in [0.15, 0.2) is 42.5 Å². The Kier molecular flexibility index (Phi) is 4.56. The van der Waals surface area contributed by atoms with Gasteiger partial charge in [-0.05, 0) is 43.5 Å². The van der Waals surface area contributed by atoms with E-state index in [4.69, 9.17) is 4.74 Å². The molecule has 2 rings (SSSR count). The molecule has 0 saturated heterocycles. The second-order valence-electron chi connectivity index (χ2n) is 5.15. The van der Waals surface area contributed by atoms with Crippen molar-refractivity contribution >= 4 is 11.7 Å². The Bertz CT molecular complexity index is 724. The summed E-state index contributed by atoms with van der Waals surface area (Å²) in [5.41, 5.74) is 2.97. The fourth-order valence-electron chi connectivity index (χ4n) is 2.16. The first-order valence-corrected chi connectivity index (χ1v) is 6.91. The van der Waals surface area contributed by atoms with Gasteiger partial charge in [0.05, 0.1) is 10.5 Å². The summed E-state index contributed by atoms with van der Waals surface area (Å²) in [5, 5.41) is 10.8. The Hall–Kier alpha value is -2.69. The average molecular weight is 299 g/mol. The SMILES string of the molecule is Cc1cccc(C(=O)OC(C)c2cccc([N+](=O)[O-])c2)c1C. The van der Waals surface area contributed by atoms with Gasteiger partial charge in [0, 0.05) is 12.1 Å². The van der Waals surface area contributed by atoms with E-state index in [1.807, 2.05) is 19.9 Å². The molecule has 0 aliphatic carbocycles. The van der Waals surface area contributed by atoms with E-state index >= 15 is 0 Å². The number of nitro groups is 1. The van der Waals surface area contributed by atoms with Crippen molar-refractivity contribution in [2.75, 3.05) is 0 Å². The minimum absolute atomic E-state index is 0.0212. The average Bonchev–Trinajstić information content (AvgIpc) is 2.50. The maximum Gasteiger partial charge on any atom is 0.339 e. The minimum atomic E-state index is -0.563. The zero-order chi connectivity index (χ0) is 16.3. The van der Waals surface area contributed by atoms with Crippen molar-refractivity contribution in [1.82, 2.24) is 0 Å². The highest BCUT2D eigenvalue weighted by Crippen LogP contribution is 2.24. The van der Waals surface area contributed by atoms with Crippen LogP contribution in [0.4, 0.5) is 5.69 Å². The fourth-order valence-corrected chi connectivity index (χ4v) is 2.16. The smallest absolute Gasteiger partial charge is 0.339 e. The first-order chi connectivity index (χ1) is 10.4. The lowest BCUT2D eigenvalue weighted by atomic mass is 10.0. The molecule has 0 aliphatic rings. The predicted octanol–water partition coefficient (Wildman–Crippen LogP) is 4.13. The molecule has 0 spiro atoms. The topological polar surface area (TPSA) is 69.4 Å². The van der Waals surface area contributed by atoms with Crippen LogP contribution in [0.25, 0.3) is 0 Å². The number of hydrogen-bond acceptors (Lipinski definition) is 4. The van der Waals surface area contributed by atoms with Gasteiger partial charge in [-0.25, -0.2) is 4.79 Å². The van der Waals surface area contributed by atoms with Crippen LogP contribution >= 0.6 is 0 Å². The minimum Gasteiger partial charge on any atom is -0.454 e. The summed E-state index contributed by atoms with van der Waals surface area (Å²) >= 11 is 0. The van der Waals surface area contributed by atoms with Gasteiger partial charge in [-0.15, -0.1) is 0 Å². The van der Waals surface area contributed by atoms with Crippen molar-refractivity contribution in [3.05, 3.63) is 74.8 Å². The molecule has 0 fully saturated rings. The number of carbonyl (C=O) groups is 1. The van der Waals surface area contributed by atoms with Crippen molar-refractivity contribution in [3.63, 3.8) is 0 Å². The standard InChI is InChI=1S/C17H17NO4/c1-11-6-4-9-16(12(11)2)17(19)22-13(3)14-7-5-8-15(10-14)18(20)21/h4-10,13H,1-3H3. The number of carbonyl (C=O) groups excluding carboxylic acids is 1. The molecule has 0 N–H and O–H groups in total. The van der Waals surface area contributed by atoms with Gasteiger partial charge >= 0.3 is 5.97 Å². The lowest BCUT2D eigenvalue weighted by molar-refractivity contribution is -0.385. The van der Waals surface area contributed by atoms with Gasteiger partial charge in [-0.3, -0.25) is 10.1 Å². The van der Waals surface area contributed by atoms with Crippen molar-refractivity contribution in [2.24, 2.45) is 0 Å². The largest absolute Gasteiger partial charge is 0.454 e. The van der Waals surface area contributed by atoms with E-state index in [-0.39, 0.29) is 5.69 Å². The molecule has 114 valence electrons. The number of nitro benzene ring substituents is 1. The molecule has 2 aromatic carbocycles. The van der Waals surface area contributed by atoms with Gasteiger partial charge in [-0.1, -0.05) is 24.3 Å². The molecule has 0 aliphatic heterocycles. The van der Waals surface area contributed by atoms with Crippen LogP contribution < -0.4 is 0 Å². The molecule has 0 heterocycles. The summed E-state index contributed by atoms with van der Waals surface area (Å²) in [6.07, 6.45) is -0.563. The van der Waals surface area contributed by atoms with Crippen molar-refractivity contribution in [2.45, 2.75) is 26.9 Å². The highest BCUT2D eigenvalue weighted by atomic mass is 16.6. The van der Waals surface area contributed by atoms with Gasteiger partial charge in [0.15, 0.2) is 0 Å². The first kappa shape index (κ1) is 15.7. The Balaban J connectivity index is 2.19. The third kappa shape index (κ3) is 3.31. The van der Waals surface area contributed by atoms with E-state index in [0.717, 1.165) is 11.1 Å². The van der Waals surface area contributed by atoms with Gasteiger partial charge in [0.2, 0.25) is 0 Å². The lowest BCUT2D eigenvalue weighted by Gasteiger charge is -2.15. The van der Waals surface area contributed by atoms with Crippen molar-refractivity contribution < 1.29 is 14.5 Å². The summed E-state index contributed by atoms with van der Waals surface area (Å²) in [4.78, 5) is 22.6. The van der Waals surface area contributed by atoms with Crippen LogP contribution in [0.5, 0.6) is 0 Å². The molecule has 0 saturated carbocycles. The molecule has 0 radical (unpaired) electrons.